The molecule has 0 unspecified atom stereocenters. The van der Waals surface area contributed by atoms with Gasteiger partial charge in [-0.15, -0.1) is 11.8 Å². The molecule has 0 atom stereocenters. The molecule has 1 rings (SSSR count). The monoisotopic (exact) mass is 265 g/mol. The molecule has 0 amide bonds. The van der Waals surface area contributed by atoms with Gasteiger partial charge in [0.05, 0.1) is 10.9 Å². The van der Waals surface area contributed by atoms with Crippen LogP contribution in [0.2, 0.25) is 0 Å². The van der Waals surface area contributed by atoms with Crippen molar-refractivity contribution in [3.05, 3.63) is 23.4 Å². The van der Waals surface area contributed by atoms with Crippen LogP contribution in [0.25, 0.3) is 0 Å². The molecule has 0 spiro atoms. The second-order valence-electron chi connectivity index (χ2n) is 5.37. The number of nitrogens with one attached hydrogen (secondary N) is 1. The molecule has 0 bridgehead atoms. The Labute approximate surface area is 114 Å². The van der Waals surface area contributed by atoms with Gasteiger partial charge in [-0.05, 0) is 50.1 Å². The Balaban J connectivity index is 2.40. The van der Waals surface area contributed by atoms with Gasteiger partial charge in [-0.1, -0.05) is 13.8 Å². The van der Waals surface area contributed by atoms with Gasteiger partial charge in [0.2, 0.25) is 0 Å². The topological polar surface area (TPSA) is 62.8 Å². The number of hydrogen-bond donors (Lipinski definition) is 2. The lowest BCUT2D eigenvalue weighted by Gasteiger charge is -2.22. The number of pyridine rings is 1. The largest absolute Gasteiger partial charge is 0.387 e. The van der Waals surface area contributed by atoms with Crippen molar-refractivity contribution >= 4 is 17.6 Å². The van der Waals surface area contributed by atoms with Gasteiger partial charge in [0.25, 0.3) is 0 Å². The molecular formula is C14H23N3S. The molecule has 0 aliphatic heterocycles. The lowest BCUT2D eigenvalue weighted by Crippen LogP contribution is -2.30. The molecule has 0 aliphatic rings. The van der Waals surface area contributed by atoms with Gasteiger partial charge in [0, 0.05) is 11.1 Å². The maximum absolute atomic E-state index is 7.51. The predicted molar refractivity (Wildman–Crippen MR) is 79.4 cm³/mol. The third-order valence-corrected chi connectivity index (χ3v) is 4.00. The van der Waals surface area contributed by atoms with Crippen LogP contribution in [-0.4, -0.2) is 16.6 Å². The van der Waals surface area contributed by atoms with E-state index in [4.69, 9.17) is 11.1 Å². The van der Waals surface area contributed by atoms with E-state index in [9.17, 15) is 0 Å². The van der Waals surface area contributed by atoms with Crippen molar-refractivity contribution in [2.24, 2.45) is 11.1 Å². The normalized spacial score (nSPS) is 11.6. The van der Waals surface area contributed by atoms with E-state index in [0.29, 0.717) is 0 Å². The molecule has 0 aliphatic carbocycles. The smallest absolute Gasteiger partial charge is 0.0965 e. The molecule has 1 aromatic rings. The number of thioether (sulfide) groups is 1. The summed E-state index contributed by atoms with van der Waals surface area (Å²) < 4.78 is 0. The highest BCUT2D eigenvalue weighted by atomic mass is 32.2. The lowest BCUT2D eigenvalue weighted by molar-refractivity contribution is 0.464. The molecule has 0 saturated heterocycles. The summed E-state index contributed by atoms with van der Waals surface area (Å²) in [5.74, 6) is 1.30. The Morgan fingerprint density at radius 1 is 1.39 bits per heavy atom. The van der Waals surface area contributed by atoms with Crippen LogP contribution < -0.4 is 5.73 Å². The molecule has 3 nitrogen and oxygen atoms in total. The van der Waals surface area contributed by atoms with Crippen LogP contribution in [0.15, 0.2) is 17.2 Å². The van der Waals surface area contributed by atoms with Gasteiger partial charge < -0.3 is 5.73 Å². The van der Waals surface area contributed by atoms with Crippen LogP contribution in [0.3, 0.4) is 0 Å². The fourth-order valence-corrected chi connectivity index (χ4v) is 2.68. The average molecular weight is 265 g/mol. The summed E-state index contributed by atoms with van der Waals surface area (Å²) in [6.07, 6.45) is 1.99. The minimum atomic E-state index is -0.184. The van der Waals surface area contributed by atoms with Crippen molar-refractivity contribution in [3.8, 4) is 0 Å². The molecule has 0 radical (unpaired) electrons. The van der Waals surface area contributed by atoms with Crippen LogP contribution in [0.4, 0.5) is 0 Å². The summed E-state index contributed by atoms with van der Waals surface area (Å²) in [4.78, 5) is 4.50. The summed E-state index contributed by atoms with van der Waals surface area (Å²) in [5, 5.41) is 8.60. The van der Waals surface area contributed by atoms with E-state index in [1.807, 2.05) is 20.8 Å². The Bertz CT molecular complexity index is 407. The maximum Gasteiger partial charge on any atom is 0.0965 e. The van der Waals surface area contributed by atoms with Gasteiger partial charge in [-0.25, -0.2) is 4.98 Å². The number of rotatable bonds is 6. The molecular weight excluding hydrogens is 242 g/mol. The highest BCUT2D eigenvalue weighted by Crippen LogP contribution is 2.25. The van der Waals surface area contributed by atoms with E-state index in [0.717, 1.165) is 29.3 Å². The lowest BCUT2D eigenvalue weighted by atomic mass is 9.87. The summed E-state index contributed by atoms with van der Waals surface area (Å²) in [6, 6.07) is 4.21. The molecule has 1 heterocycles. The van der Waals surface area contributed by atoms with Crippen LogP contribution in [0.5, 0.6) is 0 Å². The Morgan fingerprint density at radius 2 is 2.06 bits per heavy atom. The van der Waals surface area contributed by atoms with E-state index in [1.54, 1.807) is 11.8 Å². The molecule has 0 fully saturated rings. The standard InChI is InChI=1S/C14H23N3S/c1-10-8-11(2)17-12(9-10)18-7-5-6-14(3,4)13(15)16/h8-9H,5-7H2,1-4H3,(H3,15,16). The van der Waals surface area contributed by atoms with E-state index in [2.05, 4.69) is 24.0 Å². The minimum absolute atomic E-state index is 0.184. The van der Waals surface area contributed by atoms with Crippen molar-refractivity contribution in [3.63, 3.8) is 0 Å². The molecule has 1 aromatic heterocycles. The molecule has 4 heteroatoms. The highest BCUT2D eigenvalue weighted by molar-refractivity contribution is 7.99. The van der Waals surface area contributed by atoms with E-state index in [-0.39, 0.29) is 11.3 Å². The Hall–Kier alpha value is -1.03. The maximum atomic E-state index is 7.51. The quantitative estimate of drug-likeness (QED) is 0.358. The summed E-state index contributed by atoms with van der Waals surface area (Å²) >= 11 is 1.78. The summed E-state index contributed by atoms with van der Waals surface area (Å²) in [5.41, 5.74) is 7.71. The second kappa shape index (κ2) is 6.23. The zero-order chi connectivity index (χ0) is 13.8. The zero-order valence-electron chi connectivity index (χ0n) is 11.7. The highest BCUT2D eigenvalue weighted by Gasteiger charge is 2.20. The average Bonchev–Trinajstić information content (AvgIpc) is 2.23. The first-order valence-corrected chi connectivity index (χ1v) is 7.22. The van der Waals surface area contributed by atoms with Crippen LogP contribution in [0, 0.1) is 24.7 Å². The number of amidine groups is 1. The molecule has 3 N–H and O–H groups in total. The third kappa shape index (κ3) is 4.69. The van der Waals surface area contributed by atoms with Gasteiger partial charge >= 0.3 is 0 Å². The van der Waals surface area contributed by atoms with Crippen molar-refractivity contribution in [2.75, 3.05) is 5.75 Å². The third-order valence-electron chi connectivity index (χ3n) is 3.00. The number of nitrogens with zero attached hydrogens (tertiary/aromatic N) is 1. The second-order valence-corrected chi connectivity index (χ2v) is 6.49. The van der Waals surface area contributed by atoms with Gasteiger partial charge in [-0.3, -0.25) is 5.41 Å². The van der Waals surface area contributed by atoms with Gasteiger partial charge in [0.15, 0.2) is 0 Å². The molecule has 0 saturated carbocycles. The molecule has 18 heavy (non-hydrogen) atoms. The fraction of sp³-hybridized carbons (Fsp3) is 0.571. The molecule has 100 valence electrons. The Kier molecular flexibility index (Phi) is 5.20. The fourth-order valence-electron chi connectivity index (χ4n) is 1.70. The first-order valence-electron chi connectivity index (χ1n) is 6.24. The SMILES string of the molecule is Cc1cc(C)nc(SCCCC(C)(C)C(=N)N)c1. The first-order chi connectivity index (χ1) is 8.31. The Morgan fingerprint density at radius 3 is 2.61 bits per heavy atom. The number of nitrogens with two attached hydrogens (primary N) is 1. The van der Waals surface area contributed by atoms with E-state index in [1.165, 1.54) is 5.56 Å². The van der Waals surface area contributed by atoms with Crippen molar-refractivity contribution in [2.45, 2.75) is 45.6 Å². The summed E-state index contributed by atoms with van der Waals surface area (Å²) in [7, 11) is 0. The number of aryl methyl sites for hydroxylation is 2. The van der Waals surface area contributed by atoms with Crippen molar-refractivity contribution < 1.29 is 0 Å². The summed E-state index contributed by atoms with van der Waals surface area (Å²) in [6.45, 7) is 8.16. The van der Waals surface area contributed by atoms with E-state index >= 15 is 0 Å². The van der Waals surface area contributed by atoms with Crippen LogP contribution in [-0.2, 0) is 0 Å². The van der Waals surface area contributed by atoms with Gasteiger partial charge in [0.1, 0.15) is 0 Å². The van der Waals surface area contributed by atoms with Crippen LogP contribution in [0.1, 0.15) is 37.9 Å². The molecule has 0 aromatic carbocycles. The van der Waals surface area contributed by atoms with E-state index < -0.39 is 0 Å². The zero-order valence-corrected chi connectivity index (χ0v) is 12.5. The number of aromatic nitrogens is 1. The van der Waals surface area contributed by atoms with Crippen molar-refractivity contribution in [1.82, 2.24) is 4.98 Å². The first kappa shape index (κ1) is 15.0. The minimum Gasteiger partial charge on any atom is -0.387 e. The predicted octanol–water partition coefficient (Wildman–Crippen LogP) is 3.53. The van der Waals surface area contributed by atoms with Gasteiger partial charge in [-0.2, -0.15) is 0 Å². The van der Waals surface area contributed by atoms with Crippen molar-refractivity contribution in [1.29, 1.82) is 5.41 Å². The number of hydrogen-bond acceptors (Lipinski definition) is 3. The van der Waals surface area contributed by atoms with Crippen LogP contribution >= 0.6 is 11.8 Å².